The highest BCUT2D eigenvalue weighted by atomic mass is 32.2. The van der Waals surface area contributed by atoms with Crippen molar-refractivity contribution in [2.45, 2.75) is 73.6 Å². The Hall–Kier alpha value is -0.790. The van der Waals surface area contributed by atoms with Crippen molar-refractivity contribution in [1.82, 2.24) is 5.32 Å². The standard InChI is InChI=1S/C15H23NO9S2/c1-2-16-9-4-3-7(26(18,19)20)5-8(9)15(17)24-12-10-6-11-13(23-10)14(12)25-27(11,21)22/h7-14,16H,2-6H2,1H3,(H,18,19,20). The molecule has 27 heavy (non-hydrogen) atoms. The minimum atomic E-state index is -4.25. The largest absolute Gasteiger partial charge is 0.456 e. The SMILES string of the molecule is CCNC1CCC(S(=O)(=O)O)CC1C(=O)OC1C2CC3C(O2)C1OS3(=O)=O. The van der Waals surface area contributed by atoms with Gasteiger partial charge in [-0.3, -0.25) is 13.5 Å². The van der Waals surface area contributed by atoms with E-state index in [0.29, 0.717) is 13.0 Å². The van der Waals surface area contributed by atoms with E-state index in [-0.39, 0.29) is 25.3 Å². The summed E-state index contributed by atoms with van der Waals surface area (Å²) < 4.78 is 72.6. The van der Waals surface area contributed by atoms with Crippen molar-refractivity contribution in [2.75, 3.05) is 6.54 Å². The first-order valence-corrected chi connectivity index (χ1v) is 12.1. The van der Waals surface area contributed by atoms with Crippen molar-refractivity contribution in [3.05, 3.63) is 0 Å². The van der Waals surface area contributed by atoms with Gasteiger partial charge in [0.25, 0.3) is 20.2 Å². The van der Waals surface area contributed by atoms with Gasteiger partial charge >= 0.3 is 5.97 Å². The molecule has 3 heterocycles. The Morgan fingerprint density at radius 2 is 2.00 bits per heavy atom. The average Bonchev–Trinajstić information content (AvgIpc) is 3.18. The van der Waals surface area contributed by atoms with Gasteiger partial charge in [0.1, 0.15) is 17.5 Å². The second kappa shape index (κ2) is 6.63. The molecular weight excluding hydrogens is 402 g/mol. The number of nitrogens with one attached hydrogen (secondary N) is 1. The number of fused-ring (bicyclic) bond motifs is 1. The van der Waals surface area contributed by atoms with E-state index in [1.165, 1.54) is 0 Å². The van der Waals surface area contributed by atoms with Gasteiger partial charge in [-0.15, -0.1) is 0 Å². The van der Waals surface area contributed by atoms with E-state index in [0.717, 1.165) is 0 Å². The smallest absolute Gasteiger partial charge is 0.311 e. The molecule has 0 amide bonds. The van der Waals surface area contributed by atoms with Crippen molar-refractivity contribution in [1.29, 1.82) is 0 Å². The van der Waals surface area contributed by atoms with Crippen molar-refractivity contribution < 1.29 is 39.8 Å². The molecule has 3 saturated heterocycles. The molecule has 0 aromatic heterocycles. The highest BCUT2D eigenvalue weighted by molar-refractivity contribution is 7.87. The second-order valence-electron chi connectivity index (χ2n) is 7.59. The molecule has 4 aliphatic rings. The molecule has 2 N–H and O–H groups in total. The Morgan fingerprint density at radius 3 is 2.67 bits per heavy atom. The third-order valence-corrected chi connectivity index (χ3v) is 9.00. The average molecular weight is 425 g/mol. The molecule has 0 radical (unpaired) electrons. The highest BCUT2D eigenvalue weighted by Gasteiger charge is 2.67. The van der Waals surface area contributed by atoms with Gasteiger partial charge in [-0.2, -0.15) is 16.8 Å². The van der Waals surface area contributed by atoms with Crippen LogP contribution >= 0.6 is 0 Å². The summed E-state index contributed by atoms with van der Waals surface area (Å²) >= 11 is 0. The lowest BCUT2D eigenvalue weighted by Gasteiger charge is -2.35. The van der Waals surface area contributed by atoms with Gasteiger partial charge in [-0.05, 0) is 32.2 Å². The molecule has 1 saturated carbocycles. The van der Waals surface area contributed by atoms with E-state index in [9.17, 15) is 26.2 Å². The van der Waals surface area contributed by atoms with Crippen LogP contribution < -0.4 is 5.32 Å². The second-order valence-corrected chi connectivity index (χ2v) is 11.1. The molecule has 4 rings (SSSR count). The Bertz CT molecular complexity index is 826. The zero-order valence-electron chi connectivity index (χ0n) is 14.7. The Morgan fingerprint density at radius 1 is 1.26 bits per heavy atom. The molecule has 10 nitrogen and oxygen atoms in total. The normalized spacial score (nSPS) is 45.1. The highest BCUT2D eigenvalue weighted by Crippen LogP contribution is 2.48. The maximum absolute atomic E-state index is 12.8. The van der Waals surface area contributed by atoms with Gasteiger partial charge < -0.3 is 14.8 Å². The molecule has 1 aliphatic carbocycles. The topological polar surface area (TPSA) is 145 Å². The Kier molecular flexibility index (Phi) is 4.79. The van der Waals surface area contributed by atoms with Crippen molar-refractivity contribution in [2.24, 2.45) is 5.92 Å². The van der Waals surface area contributed by atoms with E-state index in [2.05, 4.69) is 5.32 Å². The van der Waals surface area contributed by atoms with Gasteiger partial charge in [0.05, 0.1) is 17.3 Å². The Balaban J connectivity index is 1.49. The van der Waals surface area contributed by atoms with E-state index in [4.69, 9.17) is 13.7 Å². The fourth-order valence-corrected chi connectivity index (χ4v) is 7.29. The number of esters is 1. The Labute approximate surface area is 157 Å². The lowest BCUT2D eigenvalue weighted by molar-refractivity contribution is -0.161. The van der Waals surface area contributed by atoms with Gasteiger partial charge in [0.2, 0.25) is 0 Å². The van der Waals surface area contributed by atoms with Crippen molar-refractivity contribution >= 4 is 26.2 Å². The third kappa shape index (κ3) is 3.29. The minimum Gasteiger partial charge on any atom is -0.456 e. The molecule has 4 fully saturated rings. The van der Waals surface area contributed by atoms with Crippen molar-refractivity contribution in [3.63, 3.8) is 0 Å². The summed E-state index contributed by atoms with van der Waals surface area (Å²) in [6, 6.07) is -0.277. The predicted octanol–water partition coefficient (Wildman–Crippen LogP) is -0.799. The van der Waals surface area contributed by atoms with Crippen LogP contribution in [0.5, 0.6) is 0 Å². The summed E-state index contributed by atoms with van der Waals surface area (Å²) in [5.74, 6) is -1.39. The lowest BCUT2D eigenvalue weighted by Crippen LogP contribution is -2.50. The summed E-state index contributed by atoms with van der Waals surface area (Å²) in [6.45, 7) is 2.46. The lowest BCUT2D eigenvalue weighted by atomic mass is 9.84. The predicted molar refractivity (Wildman–Crippen MR) is 90.9 cm³/mol. The molecule has 2 bridgehead atoms. The number of hydrogen-bond donors (Lipinski definition) is 2. The summed E-state index contributed by atoms with van der Waals surface area (Å²) in [6.07, 6.45) is -2.01. The van der Waals surface area contributed by atoms with Gasteiger partial charge in [0, 0.05) is 6.04 Å². The van der Waals surface area contributed by atoms with Crippen LogP contribution in [0.2, 0.25) is 0 Å². The maximum atomic E-state index is 12.8. The summed E-state index contributed by atoms with van der Waals surface area (Å²) in [5.41, 5.74) is 0. The number of carbonyl (C=O) groups excluding carboxylic acids is 1. The molecule has 8 unspecified atom stereocenters. The first-order chi connectivity index (χ1) is 12.6. The minimum absolute atomic E-state index is 0.0521. The molecule has 0 aromatic rings. The fourth-order valence-electron chi connectivity index (χ4n) is 4.76. The van der Waals surface area contributed by atoms with E-state index in [1.54, 1.807) is 0 Å². The van der Waals surface area contributed by atoms with E-state index < -0.39 is 67.0 Å². The number of carbonyl (C=O) groups is 1. The fraction of sp³-hybridized carbons (Fsp3) is 0.933. The number of ether oxygens (including phenoxy) is 2. The number of hydrogen-bond acceptors (Lipinski definition) is 9. The van der Waals surface area contributed by atoms with E-state index in [1.807, 2.05) is 6.92 Å². The summed E-state index contributed by atoms with van der Waals surface area (Å²) in [7, 11) is -7.97. The summed E-state index contributed by atoms with van der Waals surface area (Å²) in [5, 5.41) is 1.43. The molecule has 154 valence electrons. The van der Waals surface area contributed by atoms with Crippen molar-refractivity contribution in [3.8, 4) is 0 Å². The van der Waals surface area contributed by atoms with Crippen LogP contribution in [-0.2, 0) is 38.7 Å². The molecule has 3 aliphatic heterocycles. The van der Waals surface area contributed by atoms with Crippen LogP contribution in [0.25, 0.3) is 0 Å². The molecule has 12 heteroatoms. The van der Waals surface area contributed by atoms with Crippen LogP contribution in [-0.4, -0.2) is 74.9 Å². The van der Waals surface area contributed by atoms with Crippen LogP contribution in [0.15, 0.2) is 0 Å². The van der Waals surface area contributed by atoms with Gasteiger partial charge in [0.15, 0.2) is 6.10 Å². The first-order valence-electron chi connectivity index (χ1n) is 9.09. The third-order valence-electron chi connectivity index (χ3n) is 6.04. The quantitative estimate of drug-likeness (QED) is 0.326. The molecule has 0 aromatic carbocycles. The monoisotopic (exact) mass is 425 g/mol. The molecule has 0 spiro atoms. The van der Waals surface area contributed by atoms with Crippen LogP contribution in [0.3, 0.4) is 0 Å². The zero-order chi connectivity index (χ0) is 19.6. The first kappa shape index (κ1) is 19.5. The van der Waals surface area contributed by atoms with Crippen LogP contribution in [0.1, 0.15) is 32.6 Å². The summed E-state index contributed by atoms with van der Waals surface area (Å²) in [4.78, 5) is 12.8. The number of rotatable bonds is 5. The van der Waals surface area contributed by atoms with Gasteiger partial charge in [-0.1, -0.05) is 6.92 Å². The molecular formula is C15H23NO9S2. The maximum Gasteiger partial charge on any atom is 0.311 e. The molecule has 8 atom stereocenters. The van der Waals surface area contributed by atoms with Crippen LogP contribution in [0.4, 0.5) is 0 Å². The van der Waals surface area contributed by atoms with Crippen LogP contribution in [0, 0.1) is 5.92 Å². The van der Waals surface area contributed by atoms with Gasteiger partial charge in [-0.25, -0.2) is 0 Å². The zero-order valence-corrected chi connectivity index (χ0v) is 16.3. The van der Waals surface area contributed by atoms with E-state index >= 15 is 0 Å².